The van der Waals surface area contributed by atoms with Crippen molar-refractivity contribution in [3.05, 3.63) is 41.5 Å². The molecule has 1 aliphatic rings. The van der Waals surface area contributed by atoms with Crippen LogP contribution >= 0.6 is 0 Å². The Morgan fingerprint density at radius 3 is 3.00 bits per heavy atom. The summed E-state index contributed by atoms with van der Waals surface area (Å²) < 4.78 is 5.11. The van der Waals surface area contributed by atoms with Crippen molar-refractivity contribution in [3.8, 4) is 0 Å². The summed E-state index contributed by atoms with van der Waals surface area (Å²) in [6.45, 7) is 1.43. The van der Waals surface area contributed by atoms with Crippen LogP contribution in [0.15, 0.2) is 30.3 Å². The number of carbonyl (C=O) groups excluding carboxylic acids is 1. The van der Waals surface area contributed by atoms with Crippen molar-refractivity contribution in [1.29, 1.82) is 0 Å². The predicted octanol–water partition coefficient (Wildman–Crippen LogP) is 2.43. The molecule has 0 fully saturated rings. The zero-order valence-electron chi connectivity index (χ0n) is 8.36. The van der Waals surface area contributed by atoms with Crippen LogP contribution in [0.1, 0.15) is 25.6 Å². The van der Waals surface area contributed by atoms with Crippen molar-refractivity contribution in [3.63, 3.8) is 0 Å². The standard InChI is InChI=1S/C11H10O2/c1-8(12)13-11-7-6-9-4-2-3-5-10(9)11/h2-7,11H,1H3/p+1. The molecule has 1 aliphatic carbocycles. The lowest BCUT2D eigenvalue weighted by Gasteiger charge is -2.10. The highest BCUT2D eigenvalue weighted by molar-refractivity contribution is 5.69. The third-order valence-electron chi connectivity index (χ3n) is 2.05. The number of ether oxygens (including phenoxy) is 1. The summed E-state index contributed by atoms with van der Waals surface area (Å²) in [7, 11) is 0. The maximum Gasteiger partial charge on any atom is 1.00 e. The van der Waals surface area contributed by atoms with Gasteiger partial charge in [-0.25, -0.2) is 0 Å². The number of benzene rings is 1. The molecule has 0 aromatic heterocycles. The molecule has 0 bridgehead atoms. The van der Waals surface area contributed by atoms with Gasteiger partial charge in [-0.1, -0.05) is 30.3 Å². The quantitative estimate of drug-likeness (QED) is 0.613. The summed E-state index contributed by atoms with van der Waals surface area (Å²) in [5, 5.41) is 0. The smallest absolute Gasteiger partial charge is 0.453 e. The first-order valence-corrected chi connectivity index (χ1v) is 4.22. The monoisotopic (exact) mass is 175 g/mol. The van der Waals surface area contributed by atoms with Gasteiger partial charge in [-0.15, -0.1) is 0 Å². The highest BCUT2D eigenvalue weighted by Gasteiger charge is 2.18. The van der Waals surface area contributed by atoms with Crippen molar-refractivity contribution < 1.29 is 11.0 Å². The first kappa shape index (κ1) is 8.05. The SMILES string of the molecule is CC(=O)OC1C=Cc2ccccc21.[H+]. The molecule has 1 aromatic carbocycles. The Kier molecular flexibility index (Phi) is 1.89. The van der Waals surface area contributed by atoms with Crippen molar-refractivity contribution >= 4 is 12.0 Å². The largest absolute Gasteiger partial charge is 1.00 e. The highest BCUT2D eigenvalue weighted by atomic mass is 16.5. The van der Waals surface area contributed by atoms with Gasteiger partial charge < -0.3 is 4.74 Å². The lowest BCUT2D eigenvalue weighted by Crippen LogP contribution is -2.04. The van der Waals surface area contributed by atoms with Gasteiger partial charge in [0.2, 0.25) is 0 Å². The number of fused-ring (bicyclic) bond motifs is 1. The van der Waals surface area contributed by atoms with Crippen LogP contribution < -0.4 is 0 Å². The maximum absolute atomic E-state index is 10.8. The van der Waals surface area contributed by atoms with Gasteiger partial charge in [0, 0.05) is 12.5 Å². The van der Waals surface area contributed by atoms with Gasteiger partial charge in [-0.2, -0.15) is 0 Å². The molecule has 0 radical (unpaired) electrons. The van der Waals surface area contributed by atoms with Crippen LogP contribution in [0.2, 0.25) is 0 Å². The number of esters is 1. The molecular formula is C11H11O2+. The third kappa shape index (κ3) is 1.47. The Bertz CT molecular complexity index is 371. The van der Waals surface area contributed by atoms with Gasteiger partial charge in [0.25, 0.3) is 0 Å². The lowest BCUT2D eigenvalue weighted by molar-refractivity contribution is -0.144. The van der Waals surface area contributed by atoms with Crippen molar-refractivity contribution in [2.75, 3.05) is 0 Å². The molecule has 13 heavy (non-hydrogen) atoms. The molecule has 1 unspecified atom stereocenters. The summed E-state index contributed by atoms with van der Waals surface area (Å²) in [5.74, 6) is -0.244. The number of hydrogen-bond acceptors (Lipinski definition) is 2. The molecule has 0 spiro atoms. The summed E-state index contributed by atoms with van der Waals surface area (Å²) in [5.41, 5.74) is 2.20. The molecule has 1 atom stereocenters. The zero-order chi connectivity index (χ0) is 9.26. The third-order valence-corrected chi connectivity index (χ3v) is 2.05. The zero-order valence-corrected chi connectivity index (χ0v) is 7.36. The molecule has 0 N–H and O–H groups in total. The molecular weight excluding hydrogens is 164 g/mol. The number of hydrogen-bond donors (Lipinski definition) is 0. The van der Waals surface area contributed by atoms with E-state index in [-0.39, 0.29) is 13.5 Å². The van der Waals surface area contributed by atoms with Crippen molar-refractivity contribution in [2.45, 2.75) is 13.0 Å². The minimum absolute atomic E-state index is 0. The van der Waals surface area contributed by atoms with Crippen LogP contribution in [0, 0.1) is 0 Å². The summed E-state index contributed by atoms with van der Waals surface area (Å²) >= 11 is 0. The van der Waals surface area contributed by atoms with Crippen LogP contribution in [0.4, 0.5) is 0 Å². The van der Waals surface area contributed by atoms with E-state index in [1.807, 2.05) is 36.4 Å². The van der Waals surface area contributed by atoms with Gasteiger partial charge in [-0.05, 0) is 11.6 Å². The van der Waals surface area contributed by atoms with Crippen LogP contribution in [0.25, 0.3) is 6.08 Å². The average molecular weight is 175 g/mol. The van der Waals surface area contributed by atoms with E-state index in [4.69, 9.17) is 4.74 Å². The molecule has 2 rings (SSSR count). The van der Waals surface area contributed by atoms with Crippen LogP contribution in [-0.4, -0.2) is 5.97 Å². The second-order valence-electron chi connectivity index (χ2n) is 3.02. The molecule has 0 amide bonds. The van der Waals surface area contributed by atoms with E-state index in [1.54, 1.807) is 0 Å². The molecule has 0 saturated heterocycles. The molecule has 2 nitrogen and oxygen atoms in total. The maximum atomic E-state index is 10.8. The summed E-state index contributed by atoms with van der Waals surface area (Å²) in [4.78, 5) is 10.8. The number of carbonyl (C=O) groups is 1. The van der Waals surface area contributed by atoms with Crippen LogP contribution in [0.5, 0.6) is 0 Å². The van der Waals surface area contributed by atoms with E-state index < -0.39 is 0 Å². The minimum Gasteiger partial charge on any atom is -0.453 e. The second kappa shape index (κ2) is 3.05. The molecule has 66 valence electrons. The van der Waals surface area contributed by atoms with E-state index in [2.05, 4.69) is 0 Å². The van der Waals surface area contributed by atoms with Gasteiger partial charge in [0.05, 0.1) is 0 Å². The fraction of sp³-hybridized carbons (Fsp3) is 0.182. The lowest BCUT2D eigenvalue weighted by atomic mass is 10.1. The topological polar surface area (TPSA) is 26.3 Å². The first-order chi connectivity index (χ1) is 6.27. The fourth-order valence-electron chi connectivity index (χ4n) is 1.50. The normalized spacial score (nSPS) is 18.4. The van der Waals surface area contributed by atoms with Crippen LogP contribution in [0.3, 0.4) is 0 Å². The Morgan fingerprint density at radius 1 is 1.46 bits per heavy atom. The molecule has 0 saturated carbocycles. The first-order valence-electron chi connectivity index (χ1n) is 4.22. The molecule has 1 aromatic rings. The van der Waals surface area contributed by atoms with E-state index in [1.165, 1.54) is 6.92 Å². The van der Waals surface area contributed by atoms with E-state index in [9.17, 15) is 4.79 Å². The Morgan fingerprint density at radius 2 is 2.23 bits per heavy atom. The molecule has 0 heterocycles. The molecule has 2 heteroatoms. The minimum atomic E-state index is -0.244. The van der Waals surface area contributed by atoms with Gasteiger partial charge in [-0.3, -0.25) is 4.79 Å². The van der Waals surface area contributed by atoms with Crippen LogP contribution in [-0.2, 0) is 9.53 Å². The van der Waals surface area contributed by atoms with E-state index >= 15 is 0 Å². The summed E-state index contributed by atoms with van der Waals surface area (Å²) in [6.07, 6.45) is 3.68. The van der Waals surface area contributed by atoms with E-state index in [0.717, 1.165) is 11.1 Å². The Labute approximate surface area is 78.3 Å². The van der Waals surface area contributed by atoms with Crippen molar-refractivity contribution in [1.82, 2.24) is 0 Å². The number of rotatable bonds is 1. The van der Waals surface area contributed by atoms with Gasteiger partial charge in [0.1, 0.15) is 6.10 Å². The Hall–Kier alpha value is -1.57. The van der Waals surface area contributed by atoms with Gasteiger partial charge in [0.15, 0.2) is 0 Å². The predicted molar refractivity (Wildman–Crippen MR) is 51.1 cm³/mol. The van der Waals surface area contributed by atoms with Gasteiger partial charge >= 0.3 is 7.40 Å². The Balaban J connectivity index is 0.000000980. The second-order valence-corrected chi connectivity index (χ2v) is 3.02. The average Bonchev–Trinajstić information content (AvgIpc) is 2.48. The fourth-order valence-corrected chi connectivity index (χ4v) is 1.50. The molecule has 0 aliphatic heterocycles. The summed E-state index contributed by atoms with van der Waals surface area (Å²) in [6, 6.07) is 7.90. The van der Waals surface area contributed by atoms with Crippen molar-refractivity contribution in [2.24, 2.45) is 0 Å². The highest BCUT2D eigenvalue weighted by Crippen LogP contribution is 2.30. The van der Waals surface area contributed by atoms with E-state index in [0.29, 0.717) is 0 Å².